The lowest BCUT2D eigenvalue weighted by atomic mass is 10.0. The van der Waals surface area contributed by atoms with E-state index in [2.05, 4.69) is 15.6 Å². The van der Waals surface area contributed by atoms with Crippen LogP contribution in [0.3, 0.4) is 0 Å². The number of rotatable bonds is 5. The monoisotopic (exact) mass is 422 g/mol. The van der Waals surface area contributed by atoms with Gasteiger partial charge in [-0.3, -0.25) is 19.0 Å². The van der Waals surface area contributed by atoms with E-state index >= 15 is 0 Å². The van der Waals surface area contributed by atoms with E-state index < -0.39 is 11.3 Å². The molecule has 1 fully saturated rings. The molecule has 8 heteroatoms. The molecule has 2 heterocycles. The van der Waals surface area contributed by atoms with Crippen LogP contribution in [0.2, 0.25) is 5.02 Å². The van der Waals surface area contributed by atoms with Gasteiger partial charge in [0.25, 0.3) is 5.56 Å². The first kappa shape index (κ1) is 19.8. The van der Waals surface area contributed by atoms with Gasteiger partial charge in [0.15, 0.2) is 0 Å². The number of nitrogens with one attached hydrogen (secondary N) is 2. The molecule has 0 spiro atoms. The molecular weight excluding hydrogens is 404 g/mol. The van der Waals surface area contributed by atoms with Gasteiger partial charge in [0.05, 0.1) is 16.4 Å². The normalized spacial score (nSPS) is 19.7. The average Bonchev–Trinajstić information content (AvgIpc) is 3.44. The summed E-state index contributed by atoms with van der Waals surface area (Å²) in [5.41, 5.74) is 0.373. The average molecular weight is 423 g/mol. The minimum absolute atomic E-state index is 0.135. The summed E-state index contributed by atoms with van der Waals surface area (Å²) in [6, 6.07) is 15.1. The van der Waals surface area contributed by atoms with E-state index in [-0.39, 0.29) is 17.4 Å². The van der Waals surface area contributed by atoms with E-state index in [4.69, 9.17) is 11.6 Å². The molecule has 30 heavy (non-hydrogen) atoms. The van der Waals surface area contributed by atoms with Crippen LogP contribution < -0.4 is 16.2 Å². The molecule has 4 rings (SSSR count). The number of halogens is 1. The van der Waals surface area contributed by atoms with E-state index in [9.17, 15) is 14.4 Å². The number of amides is 2. The van der Waals surface area contributed by atoms with Crippen molar-refractivity contribution in [2.24, 2.45) is 11.3 Å². The lowest BCUT2D eigenvalue weighted by molar-refractivity contribution is -0.125. The fraction of sp³-hybridized carbons (Fsp3) is 0.182. The van der Waals surface area contributed by atoms with Gasteiger partial charge in [0.1, 0.15) is 5.82 Å². The summed E-state index contributed by atoms with van der Waals surface area (Å²) in [6.45, 7) is 1.76. The number of hydrogen-bond acceptors (Lipinski definition) is 4. The highest BCUT2D eigenvalue weighted by atomic mass is 35.5. The van der Waals surface area contributed by atoms with Gasteiger partial charge < -0.3 is 10.6 Å². The zero-order valence-corrected chi connectivity index (χ0v) is 16.9. The molecule has 1 aliphatic carbocycles. The van der Waals surface area contributed by atoms with Gasteiger partial charge in [-0.1, -0.05) is 17.7 Å². The standard InChI is InChI=1S/C22H19ClN4O3/c1-22(12-17(22)20(29)26-18-10-5-14(23)13-24-18)21(30)25-15-6-8-16(9-7-15)27-11-3-2-4-19(27)28/h2-11,13,17H,12H2,1H3,(H,25,30)(H,24,26,29)/t17-,22-/m0/s1. The van der Waals surface area contributed by atoms with Gasteiger partial charge in [-0.05, 0) is 55.8 Å². The summed E-state index contributed by atoms with van der Waals surface area (Å²) in [5.74, 6) is -0.513. The van der Waals surface area contributed by atoms with Crippen molar-refractivity contribution in [2.45, 2.75) is 13.3 Å². The summed E-state index contributed by atoms with van der Waals surface area (Å²) in [7, 11) is 0. The quantitative estimate of drug-likeness (QED) is 0.658. The van der Waals surface area contributed by atoms with Gasteiger partial charge >= 0.3 is 0 Å². The predicted molar refractivity (Wildman–Crippen MR) is 115 cm³/mol. The van der Waals surface area contributed by atoms with Crippen LogP contribution in [0.1, 0.15) is 13.3 Å². The fourth-order valence-electron chi connectivity index (χ4n) is 3.28. The number of nitrogens with zero attached hydrogens (tertiary/aromatic N) is 2. The van der Waals surface area contributed by atoms with Crippen molar-refractivity contribution in [1.82, 2.24) is 9.55 Å². The summed E-state index contributed by atoms with van der Waals surface area (Å²) in [5, 5.41) is 6.05. The molecule has 2 aromatic heterocycles. The van der Waals surface area contributed by atoms with Crippen LogP contribution in [-0.2, 0) is 9.59 Å². The number of benzene rings is 1. The van der Waals surface area contributed by atoms with Crippen LogP contribution in [0, 0.1) is 11.3 Å². The number of carbonyl (C=O) groups is 2. The zero-order chi connectivity index (χ0) is 21.3. The van der Waals surface area contributed by atoms with Crippen LogP contribution >= 0.6 is 11.6 Å². The Labute approximate surface area is 177 Å². The van der Waals surface area contributed by atoms with Gasteiger partial charge in [0.2, 0.25) is 11.8 Å². The topological polar surface area (TPSA) is 93.1 Å². The molecule has 0 radical (unpaired) electrons. The molecule has 0 saturated heterocycles. The molecule has 2 amide bonds. The molecule has 1 aromatic carbocycles. The molecule has 152 valence electrons. The lowest BCUT2D eigenvalue weighted by Gasteiger charge is -2.13. The lowest BCUT2D eigenvalue weighted by Crippen LogP contribution is -2.27. The second kappa shape index (κ2) is 7.76. The third-order valence-electron chi connectivity index (χ3n) is 5.28. The SMILES string of the molecule is C[C@]1(C(=O)Nc2ccc(-n3ccccc3=O)cc2)C[C@H]1C(=O)Nc1ccc(Cl)cn1. The Morgan fingerprint density at radius 1 is 1.10 bits per heavy atom. The van der Waals surface area contributed by atoms with Gasteiger partial charge in [-0.15, -0.1) is 0 Å². The smallest absolute Gasteiger partial charge is 0.255 e. The molecule has 2 N–H and O–H groups in total. The van der Waals surface area contributed by atoms with Crippen molar-refractivity contribution in [1.29, 1.82) is 0 Å². The second-order valence-corrected chi connectivity index (χ2v) is 7.87. The molecule has 2 atom stereocenters. The van der Waals surface area contributed by atoms with E-state index in [1.165, 1.54) is 16.8 Å². The molecular formula is C22H19ClN4O3. The van der Waals surface area contributed by atoms with Crippen molar-refractivity contribution >= 4 is 34.9 Å². The van der Waals surface area contributed by atoms with Gasteiger partial charge in [-0.2, -0.15) is 0 Å². The van der Waals surface area contributed by atoms with Gasteiger partial charge in [-0.25, -0.2) is 4.98 Å². The Morgan fingerprint density at radius 2 is 1.87 bits per heavy atom. The van der Waals surface area contributed by atoms with Crippen LogP contribution in [0.25, 0.3) is 5.69 Å². The molecule has 1 aliphatic rings. The number of aromatic nitrogens is 2. The van der Waals surface area contributed by atoms with Crippen molar-refractivity contribution in [3.63, 3.8) is 0 Å². The van der Waals surface area contributed by atoms with Crippen LogP contribution in [0.15, 0.2) is 71.8 Å². The first-order chi connectivity index (χ1) is 14.4. The van der Waals surface area contributed by atoms with E-state index in [0.717, 1.165) is 0 Å². The largest absolute Gasteiger partial charge is 0.326 e. The Hall–Kier alpha value is -3.45. The van der Waals surface area contributed by atoms with Crippen LogP contribution in [0.5, 0.6) is 0 Å². The first-order valence-electron chi connectivity index (χ1n) is 9.39. The molecule has 7 nitrogen and oxygen atoms in total. The third-order valence-corrected chi connectivity index (χ3v) is 5.50. The maximum atomic E-state index is 12.7. The van der Waals surface area contributed by atoms with Crippen molar-refractivity contribution in [3.8, 4) is 5.69 Å². The minimum atomic E-state index is -0.786. The zero-order valence-electron chi connectivity index (χ0n) is 16.1. The fourth-order valence-corrected chi connectivity index (χ4v) is 3.39. The number of pyridine rings is 2. The maximum absolute atomic E-state index is 12.7. The number of hydrogen-bond donors (Lipinski definition) is 2. The first-order valence-corrected chi connectivity index (χ1v) is 9.77. The Balaban J connectivity index is 1.39. The third kappa shape index (κ3) is 3.97. The summed E-state index contributed by atoms with van der Waals surface area (Å²) < 4.78 is 1.51. The highest BCUT2D eigenvalue weighted by Crippen LogP contribution is 2.53. The second-order valence-electron chi connectivity index (χ2n) is 7.43. The Morgan fingerprint density at radius 3 is 2.53 bits per heavy atom. The van der Waals surface area contributed by atoms with Crippen LogP contribution in [-0.4, -0.2) is 21.4 Å². The summed E-state index contributed by atoms with van der Waals surface area (Å²) in [4.78, 5) is 41.2. The van der Waals surface area contributed by atoms with Gasteiger partial charge in [0, 0.05) is 29.8 Å². The highest BCUT2D eigenvalue weighted by Gasteiger charge is 2.60. The van der Waals surface area contributed by atoms with Crippen molar-refractivity contribution in [3.05, 3.63) is 82.4 Å². The number of anilines is 2. The maximum Gasteiger partial charge on any atom is 0.255 e. The summed E-state index contributed by atoms with van der Waals surface area (Å²) >= 11 is 5.79. The van der Waals surface area contributed by atoms with Crippen LogP contribution in [0.4, 0.5) is 11.5 Å². The Bertz CT molecular complexity index is 1160. The molecule has 0 aliphatic heterocycles. The minimum Gasteiger partial charge on any atom is -0.326 e. The summed E-state index contributed by atoms with van der Waals surface area (Å²) in [6.07, 6.45) is 3.58. The van der Waals surface area contributed by atoms with Crippen molar-refractivity contribution < 1.29 is 9.59 Å². The van der Waals surface area contributed by atoms with Crippen molar-refractivity contribution in [2.75, 3.05) is 10.6 Å². The molecule has 1 saturated carbocycles. The predicted octanol–water partition coefficient (Wildman–Crippen LogP) is 3.49. The molecule has 0 unspecified atom stereocenters. The molecule has 3 aromatic rings. The highest BCUT2D eigenvalue weighted by molar-refractivity contribution is 6.30. The van der Waals surface area contributed by atoms with E-state index in [1.54, 1.807) is 61.7 Å². The number of carbonyl (C=O) groups excluding carboxylic acids is 2. The van der Waals surface area contributed by atoms with E-state index in [1.807, 2.05) is 0 Å². The van der Waals surface area contributed by atoms with E-state index in [0.29, 0.717) is 28.6 Å². The molecule has 0 bridgehead atoms. The Kier molecular flexibility index (Phi) is 5.13.